The van der Waals surface area contributed by atoms with Gasteiger partial charge in [0.15, 0.2) is 0 Å². The van der Waals surface area contributed by atoms with Crippen molar-refractivity contribution in [3.63, 3.8) is 0 Å². The van der Waals surface area contributed by atoms with E-state index in [2.05, 4.69) is 5.10 Å². The van der Waals surface area contributed by atoms with Crippen LogP contribution in [-0.4, -0.2) is 60.2 Å². The van der Waals surface area contributed by atoms with E-state index in [0.717, 1.165) is 11.3 Å². The summed E-state index contributed by atoms with van der Waals surface area (Å²) in [5.41, 5.74) is 7.17. The van der Waals surface area contributed by atoms with Crippen LogP contribution in [0.4, 0.5) is 0 Å². The number of benzene rings is 2. The summed E-state index contributed by atoms with van der Waals surface area (Å²) in [7, 11) is 1.66. The summed E-state index contributed by atoms with van der Waals surface area (Å²) in [6.07, 6.45) is 1.04. The predicted octanol–water partition coefficient (Wildman–Crippen LogP) is 2.34. The summed E-state index contributed by atoms with van der Waals surface area (Å²) < 4.78 is 5.65. The van der Waals surface area contributed by atoms with Crippen molar-refractivity contribution >= 4 is 29.1 Å². The second kappa shape index (κ2) is 8.69. The minimum Gasteiger partial charge on any atom is -0.491 e. The van der Waals surface area contributed by atoms with Crippen LogP contribution in [0.2, 0.25) is 5.02 Å². The Bertz CT molecular complexity index is 996. The first-order valence-corrected chi connectivity index (χ1v) is 10.6. The second-order valence-electron chi connectivity index (χ2n) is 8.00. The minimum absolute atomic E-state index is 0.0391. The third-order valence-corrected chi connectivity index (χ3v) is 6.08. The molecule has 4 rings (SSSR count). The van der Waals surface area contributed by atoms with Crippen molar-refractivity contribution in [1.29, 1.82) is 0 Å². The van der Waals surface area contributed by atoms with Crippen molar-refractivity contribution in [2.75, 3.05) is 26.7 Å². The third-order valence-electron chi connectivity index (χ3n) is 5.83. The fourth-order valence-electron chi connectivity index (χ4n) is 4.24. The fraction of sp³-hybridized carbons (Fsp3) is 0.348. The number of piperidine rings is 1. The molecular weight excluding hydrogens is 416 g/mol. The summed E-state index contributed by atoms with van der Waals surface area (Å²) in [6, 6.07) is 15.9. The van der Waals surface area contributed by atoms with Crippen LogP contribution in [-0.2, 0) is 16.0 Å². The largest absolute Gasteiger partial charge is 0.491 e. The molecule has 2 heterocycles. The van der Waals surface area contributed by atoms with Gasteiger partial charge in [-0.2, -0.15) is 5.10 Å². The minimum atomic E-state index is -0.846. The van der Waals surface area contributed by atoms with Crippen LogP contribution < -0.4 is 10.5 Å². The molecule has 1 fully saturated rings. The van der Waals surface area contributed by atoms with E-state index in [1.54, 1.807) is 36.2 Å². The van der Waals surface area contributed by atoms with Crippen LogP contribution >= 0.6 is 11.6 Å². The monoisotopic (exact) mass is 440 g/mol. The van der Waals surface area contributed by atoms with E-state index < -0.39 is 11.5 Å². The van der Waals surface area contributed by atoms with Crippen LogP contribution in [0.3, 0.4) is 0 Å². The van der Waals surface area contributed by atoms with Gasteiger partial charge in [-0.3, -0.25) is 9.59 Å². The number of carbonyl (C=O) groups is 2. The molecule has 7 nitrogen and oxygen atoms in total. The highest BCUT2D eigenvalue weighted by Crippen LogP contribution is 2.38. The van der Waals surface area contributed by atoms with Gasteiger partial charge < -0.3 is 15.4 Å². The number of hydrogen-bond donors (Lipinski definition) is 1. The van der Waals surface area contributed by atoms with Gasteiger partial charge in [-0.15, -0.1) is 0 Å². The van der Waals surface area contributed by atoms with Gasteiger partial charge in [0.2, 0.25) is 5.91 Å². The number of nitrogens with zero attached hydrogens (tertiary/aromatic N) is 3. The number of hydrogen-bond acceptors (Lipinski definition) is 5. The molecular formula is C23H25ClN4O3. The van der Waals surface area contributed by atoms with Crippen LogP contribution in [0, 0.1) is 5.41 Å². The van der Waals surface area contributed by atoms with Gasteiger partial charge in [-0.1, -0.05) is 41.9 Å². The molecule has 8 heteroatoms. The molecule has 0 radical (unpaired) electrons. The zero-order valence-corrected chi connectivity index (χ0v) is 18.1. The number of ether oxygens (including phenoxy) is 1. The molecule has 2 aromatic carbocycles. The Kier molecular flexibility index (Phi) is 5.98. The van der Waals surface area contributed by atoms with Crippen LogP contribution in [0.5, 0.6) is 5.75 Å². The van der Waals surface area contributed by atoms with E-state index in [1.165, 1.54) is 5.01 Å². The fourth-order valence-corrected chi connectivity index (χ4v) is 4.36. The Labute approximate surface area is 186 Å². The first-order valence-electron chi connectivity index (χ1n) is 10.2. The molecule has 0 aliphatic carbocycles. The Morgan fingerprint density at radius 2 is 1.94 bits per heavy atom. The van der Waals surface area contributed by atoms with Gasteiger partial charge in [0, 0.05) is 31.6 Å². The molecule has 2 aromatic rings. The Morgan fingerprint density at radius 1 is 1.23 bits per heavy atom. The molecule has 2 atom stereocenters. The lowest BCUT2D eigenvalue weighted by molar-refractivity contribution is -0.140. The first-order chi connectivity index (χ1) is 14.9. The van der Waals surface area contributed by atoms with Crippen molar-refractivity contribution in [1.82, 2.24) is 9.91 Å². The first kappa shape index (κ1) is 21.3. The lowest BCUT2D eigenvalue weighted by Crippen LogP contribution is -2.58. The number of hydrazone groups is 1. The molecule has 162 valence electrons. The highest BCUT2D eigenvalue weighted by atomic mass is 35.5. The van der Waals surface area contributed by atoms with E-state index in [0.29, 0.717) is 30.2 Å². The summed E-state index contributed by atoms with van der Waals surface area (Å²) in [5.74, 6) is 0.270. The standard InChI is InChI=1S/C23H25ClN4O3/c1-27-22(30)23(13-16-5-3-2-4-6-16)15-28(12-11-20(23)26-27)21(29)19(25)14-31-18-9-7-17(24)8-10-18/h2-10,19H,11-15,25H2,1H3/t19?,23-/m1/s1. The van der Waals surface area contributed by atoms with Crippen molar-refractivity contribution in [3.05, 3.63) is 65.2 Å². The van der Waals surface area contributed by atoms with Gasteiger partial charge in [-0.25, -0.2) is 5.01 Å². The van der Waals surface area contributed by atoms with Crippen LogP contribution in [0.25, 0.3) is 0 Å². The van der Waals surface area contributed by atoms with Crippen molar-refractivity contribution < 1.29 is 14.3 Å². The zero-order valence-electron chi connectivity index (χ0n) is 17.3. The molecule has 1 saturated heterocycles. The zero-order chi connectivity index (χ0) is 22.0. The summed E-state index contributed by atoms with van der Waals surface area (Å²) >= 11 is 5.88. The Morgan fingerprint density at radius 3 is 2.65 bits per heavy atom. The number of halogens is 1. The molecule has 2 amide bonds. The number of nitrogens with two attached hydrogens (primary N) is 1. The maximum atomic E-state index is 13.1. The van der Waals surface area contributed by atoms with Crippen molar-refractivity contribution in [3.8, 4) is 5.75 Å². The van der Waals surface area contributed by atoms with E-state index in [1.807, 2.05) is 30.3 Å². The van der Waals surface area contributed by atoms with Crippen molar-refractivity contribution in [2.24, 2.45) is 16.3 Å². The third kappa shape index (κ3) is 4.29. The number of rotatable bonds is 6. The summed E-state index contributed by atoms with van der Waals surface area (Å²) in [5, 5.41) is 6.48. The van der Waals surface area contributed by atoms with Gasteiger partial charge in [0.25, 0.3) is 5.91 Å². The summed E-state index contributed by atoms with van der Waals surface area (Å²) in [6.45, 7) is 0.777. The van der Waals surface area contributed by atoms with Gasteiger partial charge >= 0.3 is 0 Å². The number of amides is 2. The number of carbonyl (C=O) groups excluding carboxylic acids is 2. The van der Waals surface area contributed by atoms with Gasteiger partial charge in [0.1, 0.15) is 23.8 Å². The lowest BCUT2D eigenvalue weighted by Gasteiger charge is -2.40. The second-order valence-corrected chi connectivity index (χ2v) is 8.44. The molecule has 2 aliphatic heterocycles. The number of fused-ring (bicyclic) bond motifs is 1. The molecule has 0 bridgehead atoms. The molecule has 0 aromatic heterocycles. The van der Waals surface area contributed by atoms with Gasteiger partial charge in [0.05, 0.1) is 5.71 Å². The SMILES string of the molecule is CN1N=C2CCN(C(=O)C(N)COc3ccc(Cl)cc3)C[C@@]2(Cc2ccccc2)C1=O. The average molecular weight is 441 g/mol. The van der Waals surface area contributed by atoms with E-state index >= 15 is 0 Å². The molecule has 2 aliphatic rings. The van der Waals surface area contributed by atoms with Gasteiger partial charge in [-0.05, 0) is 36.2 Å². The predicted molar refractivity (Wildman–Crippen MR) is 119 cm³/mol. The maximum absolute atomic E-state index is 13.1. The Balaban J connectivity index is 1.48. The van der Waals surface area contributed by atoms with Crippen LogP contribution in [0.15, 0.2) is 59.7 Å². The van der Waals surface area contributed by atoms with E-state index in [9.17, 15) is 9.59 Å². The normalized spacial score (nSPS) is 21.5. The maximum Gasteiger partial charge on any atom is 0.256 e. The quantitative estimate of drug-likeness (QED) is 0.746. The number of likely N-dealkylation sites (tertiary alicyclic amines) is 1. The summed E-state index contributed by atoms with van der Waals surface area (Å²) in [4.78, 5) is 27.9. The molecule has 1 unspecified atom stereocenters. The topological polar surface area (TPSA) is 88.2 Å². The lowest BCUT2D eigenvalue weighted by atomic mass is 9.73. The van der Waals surface area contributed by atoms with Crippen molar-refractivity contribution in [2.45, 2.75) is 18.9 Å². The Hall–Kier alpha value is -2.90. The van der Waals surface area contributed by atoms with E-state index in [4.69, 9.17) is 22.1 Å². The molecule has 0 saturated carbocycles. The molecule has 2 N–H and O–H groups in total. The molecule has 0 spiro atoms. The smallest absolute Gasteiger partial charge is 0.256 e. The molecule has 31 heavy (non-hydrogen) atoms. The van der Waals surface area contributed by atoms with Crippen LogP contribution in [0.1, 0.15) is 12.0 Å². The highest BCUT2D eigenvalue weighted by Gasteiger charge is 2.53. The average Bonchev–Trinajstić information content (AvgIpc) is 3.02. The highest BCUT2D eigenvalue weighted by molar-refractivity contribution is 6.30. The van der Waals surface area contributed by atoms with E-state index in [-0.39, 0.29) is 25.0 Å².